The van der Waals surface area contributed by atoms with Crippen LogP contribution in [0.2, 0.25) is 5.02 Å². The molecule has 1 unspecified atom stereocenters. The molecule has 7 heteroatoms. The average molecular weight is 437 g/mol. The number of thioether (sulfide) groups is 1. The van der Waals surface area contributed by atoms with Gasteiger partial charge in [0.1, 0.15) is 11.9 Å². The van der Waals surface area contributed by atoms with Crippen molar-refractivity contribution in [2.45, 2.75) is 38.6 Å². The minimum Gasteiger partial charge on any atom is -0.354 e. The number of carbonyl (C=O) groups is 2. The van der Waals surface area contributed by atoms with Gasteiger partial charge in [-0.2, -0.15) is 0 Å². The molecule has 1 N–H and O–H groups in total. The van der Waals surface area contributed by atoms with Crippen LogP contribution in [0.5, 0.6) is 0 Å². The van der Waals surface area contributed by atoms with Gasteiger partial charge in [0.25, 0.3) is 0 Å². The van der Waals surface area contributed by atoms with E-state index in [1.54, 1.807) is 24.0 Å². The predicted octanol–water partition coefficient (Wildman–Crippen LogP) is 4.66. The van der Waals surface area contributed by atoms with Crippen molar-refractivity contribution in [3.63, 3.8) is 0 Å². The van der Waals surface area contributed by atoms with Crippen LogP contribution < -0.4 is 5.32 Å². The summed E-state index contributed by atoms with van der Waals surface area (Å²) in [5.74, 6) is 0.215. The van der Waals surface area contributed by atoms with E-state index in [1.165, 1.54) is 23.9 Å². The summed E-state index contributed by atoms with van der Waals surface area (Å²) in [4.78, 5) is 26.9. The zero-order valence-electron chi connectivity index (χ0n) is 16.7. The first-order valence-electron chi connectivity index (χ1n) is 9.54. The number of hydrogen-bond donors (Lipinski definition) is 1. The molecule has 0 fully saturated rings. The van der Waals surface area contributed by atoms with E-state index in [-0.39, 0.29) is 29.9 Å². The number of halogens is 2. The molecule has 2 aromatic rings. The fourth-order valence-corrected chi connectivity index (χ4v) is 3.80. The molecule has 29 heavy (non-hydrogen) atoms. The van der Waals surface area contributed by atoms with E-state index in [0.717, 1.165) is 17.5 Å². The summed E-state index contributed by atoms with van der Waals surface area (Å²) in [5, 5.41) is 3.50. The molecule has 2 aromatic carbocycles. The van der Waals surface area contributed by atoms with Crippen molar-refractivity contribution < 1.29 is 14.0 Å². The molecule has 0 saturated heterocycles. The smallest absolute Gasteiger partial charge is 0.242 e. The summed E-state index contributed by atoms with van der Waals surface area (Å²) in [6.07, 6.45) is 0.819. The minimum absolute atomic E-state index is 0.138. The van der Waals surface area contributed by atoms with E-state index in [2.05, 4.69) is 5.32 Å². The van der Waals surface area contributed by atoms with Crippen molar-refractivity contribution in [1.82, 2.24) is 10.2 Å². The van der Waals surface area contributed by atoms with E-state index in [9.17, 15) is 14.0 Å². The highest BCUT2D eigenvalue weighted by molar-refractivity contribution is 7.99. The second-order valence-electron chi connectivity index (χ2n) is 6.74. The Balaban J connectivity index is 2.04. The molecule has 0 spiro atoms. The van der Waals surface area contributed by atoms with Crippen LogP contribution in [-0.2, 0) is 21.9 Å². The van der Waals surface area contributed by atoms with Crippen molar-refractivity contribution in [3.8, 4) is 0 Å². The molecule has 0 aliphatic rings. The maximum absolute atomic E-state index is 13.2. The van der Waals surface area contributed by atoms with Gasteiger partial charge in [0.05, 0.1) is 5.75 Å². The number of nitrogens with one attached hydrogen (secondary N) is 1. The highest BCUT2D eigenvalue weighted by Gasteiger charge is 2.25. The Morgan fingerprint density at radius 1 is 1.17 bits per heavy atom. The molecule has 0 aliphatic heterocycles. The Bertz CT molecular complexity index is 817. The second kappa shape index (κ2) is 11.8. The Hall–Kier alpha value is -2.05. The van der Waals surface area contributed by atoms with Crippen molar-refractivity contribution in [2.24, 2.45) is 0 Å². The molecule has 0 radical (unpaired) electrons. The molecule has 1 atom stereocenters. The van der Waals surface area contributed by atoms with Crippen LogP contribution in [-0.4, -0.2) is 35.1 Å². The van der Waals surface area contributed by atoms with Crippen molar-refractivity contribution >= 4 is 35.2 Å². The number of hydrogen-bond acceptors (Lipinski definition) is 3. The van der Waals surface area contributed by atoms with Gasteiger partial charge in [-0.3, -0.25) is 9.59 Å². The zero-order valence-corrected chi connectivity index (χ0v) is 18.2. The number of carbonyl (C=O) groups excluding carboxylic acids is 2. The normalized spacial score (nSPS) is 11.7. The molecule has 156 valence electrons. The van der Waals surface area contributed by atoms with Crippen LogP contribution in [0.3, 0.4) is 0 Å². The second-order valence-corrected chi connectivity index (χ2v) is 8.16. The summed E-state index contributed by atoms with van der Waals surface area (Å²) < 4.78 is 13.2. The fraction of sp³-hybridized carbons (Fsp3) is 0.364. The highest BCUT2D eigenvalue weighted by Crippen LogP contribution is 2.18. The molecular weight excluding hydrogens is 411 g/mol. The van der Waals surface area contributed by atoms with Gasteiger partial charge in [0, 0.05) is 23.9 Å². The van der Waals surface area contributed by atoms with Crippen molar-refractivity contribution in [2.75, 3.05) is 12.3 Å². The Morgan fingerprint density at radius 2 is 1.90 bits per heavy atom. The topological polar surface area (TPSA) is 49.4 Å². The molecule has 0 heterocycles. The lowest BCUT2D eigenvalue weighted by Crippen LogP contribution is -2.48. The molecule has 0 saturated carbocycles. The van der Waals surface area contributed by atoms with Crippen molar-refractivity contribution in [3.05, 3.63) is 70.5 Å². The van der Waals surface area contributed by atoms with E-state index >= 15 is 0 Å². The third kappa shape index (κ3) is 7.71. The average Bonchev–Trinajstić information content (AvgIpc) is 2.71. The van der Waals surface area contributed by atoms with E-state index in [1.807, 2.05) is 31.2 Å². The minimum atomic E-state index is -0.620. The molecule has 2 rings (SSSR count). The molecule has 0 aromatic heterocycles. The molecule has 2 amide bonds. The third-order valence-corrected chi connectivity index (χ3v) is 5.59. The van der Waals surface area contributed by atoms with Crippen LogP contribution in [0.25, 0.3) is 0 Å². The van der Waals surface area contributed by atoms with E-state index in [4.69, 9.17) is 11.6 Å². The largest absolute Gasteiger partial charge is 0.354 e. The lowest BCUT2D eigenvalue weighted by atomic mass is 10.1. The van der Waals surface area contributed by atoms with Crippen molar-refractivity contribution in [1.29, 1.82) is 0 Å². The number of benzene rings is 2. The van der Waals surface area contributed by atoms with Crippen LogP contribution in [0, 0.1) is 5.82 Å². The van der Waals surface area contributed by atoms with Gasteiger partial charge in [0.2, 0.25) is 11.8 Å². The first-order valence-corrected chi connectivity index (χ1v) is 11.1. The van der Waals surface area contributed by atoms with Gasteiger partial charge in [-0.25, -0.2) is 4.39 Å². The Labute approximate surface area is 180 Å². The van der Waals surface area contributed by atoms with Gasteiger partial charge >= 0.3 is 0 Å². The SMILES string of the molecule is CCCNC(=O)C(C)N(Cc1ccc(F)cc1)C(=O)CSCc1cccc(Cl)c1. The summed E-state index contributed by atoms with van der Waals surface area (Å²) in [7, 11) is 0. The molecular formula is C22H26ClFN2O2S. The van der Waals surface area contributed by atoms with Gasteiger partial charge in [-0.15, -0.1) is 11.8 Å². The van der Waals surface area contributed by atoms with Crippen LogP contribution in [0.4, 0.5) is 4.39 Å². The number of nitrogens with zero attached hydrogens (tertiary/aromatic N) is 1. The standard InChI is InChI=1S/C22H26ClFN2O2S/c1-3-11-25-22(28)16(2)26(13-17-7-9-20(24)10-8-17)21(27)15-29-14-18-5-4-6-19(23)12-18/h4-10,12,16H,3,11,13-15H2,1-2H3,(H,25,28). The van der Waals surface area contributed by atoms with E-state index < -0.39 is 6.04 Å². The summed E-state index contributed by atoms with van der Waals surface area (Å²) >= 11 is 7.47. The first kappa shape index (κ1) is 23.2. The quantitative estimate of drug-likeness (QED) is 0.589. The van der Waals surface area contributed by atoms with Gasteiger partial charge in [-0.1, -0.05) is 42.8 Å². The van der Waals surface area contributed by atoms with Crippen LogP contribution in [0.15, 0.2) is 48.5 Å². The lowest BCUT2D eigenvalue weighted by Gasteiger charge is -2.28. The van der Waals surface area contributed by atoms with Gasteiger partial charge < -0.3 is 10.2 Å². The van der Waals surface area contributed by atoms with Gasteiger partial charge in [-0.05, 0) is 48.7 Å². The Morgan fingerprint density at radius 3 is 2.55 bits per heavy atom. The maximum atomic E-state index is 13.2. The van der Waals surface area contributed by atoms with E-state index in [0.29, 0.717) is 17.3 Å². The fourth-order valence-electron chi connectivity index (χ4n) is 2.73. The Kier molecular flexibility index (Phi) is 9.48. The number of amides is 2. The summed E-state index contributed by atoms with van der Waals surface area (Å²) in [5.41, 5.74) is 1.81. The predicted molar refractivity (Wildman–Crippen MR) is 117 cm³/mol. The molecule has 4 nitrogen and oxygen atoms in total. The molecule has 0 bridgehead atoms. The van der Waals surface area contributed by atoms with Crippen LogP contribution in [0.1, 0.15) is 31.4 Å². The van der Waals surface area contributed by atoms with Gasteiger partial charge in [0.15, 0.2) is 0 Å². The highest BCUT2D eigenvalue weighted by atomic mass is 35.5. The summed E-state index contributed by atoms with van der Waals surface area (Å²) in [6, 6.07) is 12.9. The first-order chi connectivity index (χ1) is 13.9. The third-order valence-electron chi connectivity index (χ3n) is 4.37. The zero-order chi connectivity index (χ0) is 21.2. The number of rotatable bonds is 10. The van der Waals surface area contributed by atoms with Crippen LogP contribution >= 0.6 is 23.4 Å². The monoisotopic (exact) mass is 436 g/mol. The molecule has 0 aliphatic carbocycles. The lowest BCUT2D eigenvalue weighted by molar-refractivity contribution is -0.138. The maximum Gasteiger partial charge on any atom is 0.242 e. The summed E-state index contributed by atoms with van der Waals surface area (Å²) in [6.45, 7) is 4.50.